The third-order valence-corrected chi connectivity index (χ3v) is 12.9. The number of fused-ring (bicyclic) bond motifs is 7. The van der Waals surface area contributed by atoms with E-state index < -0.39 is 0 Å². The monoisotopic (exact) mass is 811 g/mol. The lowest BCUT2D eigenvalue weighted by atomic mass is 9.73. The molecule has 0 fully saturated rings. The molecule has 9 aromatic carbocycles. The first kappa shape index (κ1) is 36.7. The number of anilines is 6. The van der Waals surface area contributed by atoms with Crippen LogP contribution in [0.3, 0.4) is 0 Å². The summed E-state index contributed by atoms with van der Waals surface area (Å²) in [6.45, 7) is 4.70. The highest BCUT2D eigenvalue weighted by Crippen LogP contribution is 2.54. The van der Waals surface area contributed by atoms with Crippen molar-refractivity contribution in [2.45, 2.75) is 19.3 Å². The summed E-state index contributed by atoms with van der Waals surface area (Å²) < 4.78 is 8.61. The largest absolute Gasteiger partial charge is 0.456 e. The van der Waals surface area contributed by atoms with E-state index in [-0.39, 0.29) is 10.8 Å². The molecule has 5 heteroatoms. The summed E-state index contributed by atoms with van der Waals surface area (Å²) in [5.74, 6) is 0. The zero-order valence-electron chi connectivity index (χ0n) is 34.9. The van der Waals surface area contributed by atoms with E-state index in [0.717, 1.165) is 61.4 Å². The van der Waals surface area contributed by atoms with Crippen LogP contribution in [-0.4, -0.2) is 4.57 Å². The molecular formula is C58H41N3O2. The summed E-state index contributed by atoms with van der Waals surface area (Å²) in [7, 11) is 0. The van der Waals surface area contributed by atoms with Crippen LogP contribution in [0.2, 0.25) is 0 Å². The lowest BCUT2D eigenvalue weighted by molar-refractivity contribution is 0.632. The number of para-hydroxylation sites is 5. The van der Waals surface area contributed by atoms with Crippen LogP contribution >= 0.6 is 0 Å². The van der Waals surface area contributed by atoms with Crippen molar-refractivity contribution in [1.29, 1.82) is 0 Å². The van der Waals surface area contributed by atoms with Crippen molar-refractivity contribution in [2.75, 3.05) is 9.80 Å². The van der Waals surface area contributed by atoms with E-state index in [4.69, 9.17) is 4.42 Å². The number of hydrogen-bond acceptors (Lipinski definition) is 4. The molecule has 1 aliphatic rings. The summed E-state index contributed by atoms with van der Waals surface area (Å²) in [4.78, 5) is 18.5. The van der Waals surface area contributed by atoms with Gasteiger partial charge in [-0.3, -0.25) is 4.79 Å². The number of aromatic nitrogens is 1. The fourth-order valence-electron chi connectivity index (χ4n) is 9.88. The standard InChI is InChI=1S/C58H41N3O2/c1-58(2)49-26-13-14-27-52(49)60(42-22-10-5-11-23-42)54-36-47-46-35-44(59(40-18-6-3-7-19-40)41-20-8-4-9-21-41)30-31-51(46)61(53(47)37-50(54)58)43-24-16-17-38(33-43)39-29-32-56-48(34-39)57(62)45-25-12-15-28-55(45)63-56/h3-37H,1-2H3. The van der Waals surface area contributed by atoms with E-state index >= 15 is 0 Å². The van der Waals surface area contributed by atoms with E-state index in [1.165, 1.54) is 22.5 Å². The molecule has 0 amide bonds. The molecule has 0 atom stereocenters. The number of hydrogen-bond donors (Lipinski definition) is 0. The zero-order valence-corrected chi connectivity index (χ0v) is 34.9. The summed E-state index contributed by atoms with van der Waals surface area (Å²) >= 11 is 0. The molecule has 3 heterocycles. The molecule has 2 aromatic heterocycles. The van der Waals surface area contributed by atoms with Crippen molar-refractivity contribution in [3.63, 3.8) is 0 Å². The van der Waals surface area contributed by atoms with Gasteiger partial charge in [0.15, 0.2) is 0 Å². The van der Waals surface area contributed by atoms with Crippen LogP contribution in [-0.2, 0) is 5.41 Å². The smallest absolute Gasteiger partial charge is 0.200 e. The van der Waals surface area contributed by atoms with Crippen molar-refractivity contribution in [3.8, 4) is 16.8 Å². The molecular weight excluding hydrogens is 771 g/mol. The molecule has 0 bridgehead atoms. The van der Waals surface area contributed by atoms with Crippen LogP contribution < -0.4 is 15.2 Å². The Morgan fingerprint density at radius 3 is 1.84 bits per heavy atom. The van der Waals surface area contributed by atoms with Crippen molar-refractivity contribution in [1.82, 2.24) is 4.57 Å². The Labute approximate surface area is 364 Å². The Balaban J connectivity index is 1.12. The minimum atomic E-state index is -0.298. The van der Waals surface area contributed by atoms with Gasteiger partial charge in [0, 0.05) is 44.6 Å². The van der Waals surface area contributed by atoms with Crippen LogP contribution in [0, 0.1) is 0 Å². The highest BCUT2D eigenvalue weighted by Gasteiger charge is 2.38. The number of benzene rings is 9. The lowest BCUT2D eigenvalue weighted by Gasteiger charge is -2.42. The van der Waals surface area contributed by atoms with Gasteiger partial charge in [-0.15, -0.1) is 0 Å². The Hall–Kier alpha value is -8.15. The average molecular weight is 812 g/mol. The Morgan fingerprint density at radius 2 is 1.06 bits per heavy atom. The quantitative estimate of drug-likeness (QED) is 0.157. The fraction of sp³-hybridized carbons (Fsp3) is 0.0517. The van der Waals surface area contributed by atoms with Gasteiger partial charge in [-0.2, -0.15) is 0 Å². The van der Waals surface area contributed by atoms with Crippen LogP contribution in [0.15, 0.2) is 222 Å². The van der Waals surface area contributed by atoms with Crippen LogP contribution in [0.4, 0.5) is 34.1 Å². The van der Waals surface area contributed by atoms with Gasteiger partial charge in [0.2, 0.25) is 5.43 Å². The molecule has 1 aliphatic heterocycles. The van der Waals surface area contributed by atoms with E-state index in [9.17, 15) is 4.79 Å². The summed E-state index contributed by atoms with van der Waals surface area (Å²) in [5.41, 5.74) is 15.3. The maximum atomic E-state index is 13.8. The van der Waals surface area contributed by atoms with Crippen LogP contribution in [0.5, 0.6) is 0 Å². The first-order chi connectivity index (χ1) is 30.9. The van der Waals surface area contributed by atoms with E-state index in [1.807, 2.05) is 42.5 Å². The number of rotatable bonds is 6. The van der Waals surface area contributed by atoms with Crippen molar-refractivity contribution < 1.29 is 4.42 Å². The third-order valence-electron chi connectivity index (χ3n) is 12.9. The maximum absolute atomic E-state index is 13.8. The van der Waals surface area contributed by atoms with Gasteiger partial charge in [-0.05, 0) is 131 Å². The second-order valence-corrected chi connectivity index (χ2v) is 16.9. The third kappa shape index (κ3) is 5.81. The van der Waals surface area contributed by atoms with Crippen molar-refractivity contribution in [2.24, 2.45) is 0 Å². The Bertz CT molecular complexity index is 3590. The summed E-state index contributed by atoms with van der Waals surface area (Å²) in [6, 6.07) is 74.5. The van der Waals surface area contributed by atoms with E-state index in [0.29, 0.717) is 21.9 Å². The highest BCUT2D eigenvalue weighted by molar-refractivity contribution is 6.13. The molecule has 12 rings (SSSR count). The average Bonchev–Trinajstić information content (AvgIpc) is 3.65. The molecule has 0 aliphatic carbocycles. The topological polar surface area (TPSA) is 41.6 Å². The molecule has 300 valence electrons. The second kappa shape index (κ2) is 14.2. The SMILES string of the molecule is CC1(C)c2ccccc2N(c2ccccc2)c2cc3c4cc(N(c5ccccc5)c5ccccc5)ccc4n(-c4cccc(-c5ccc6oc7ccccc7c(=O)c6c5)c4)c3cc21. The predicted octanol–water partition coefficient (Wildman–Crippen LogP) is 15.3. The van der Waals surface area contributed by atoms with Crippen molar-refractivity contribution >= 4 is 77.9 Å². The lowest BCUT2D eigenvalue weighted by Crippen LogP contribution is -2.30. The molecule has 63 heavy (non-hydrogen) atoms. The summed E-state index contributed by atoms with van der Waals surface area (Å²) in [6.07, 6.45) is 0. The zero-order chi connectivity index (χ0) is 42.2. The van der Waals surface area contributed by atoms with E-state index in [1.54, 1.807) is 0 Å². The minimum absolute atomic E-state index is 0.0263. The molecule has 11 aromatic rings. The molecule has 0 saturated heterocycles. The Morgan fingerprint density at radius 1 is 0.429 bits per heavy atom. The van der Waals surface area contributed by atoms with Gasteiger partial charge in [0.25, 0.3) is 0 Å². The molecule has 0 unspecified atom stereocenters. The minimum Gasteiger partial charge on any atom is -0.456 e. The normalized spacial score (nSPS) is 13.1. The first-order valence-corrected chi connectivity index (χ1v) is 21.5. The van der Waals surface area contributed by atoms with Crippen molar-refractivity contribution in [3.05, 3.63) is 234 Å². The second-order valence-electron chi connectivity index (χ2n) is 16.9. The van der Waals surface area contributed by atoms with Gasteiger partial charge in [-0.25, -0.2) is 0 Å². The summed E-state index contributed by atoms with van der Waals surface area (Å²) in [5, 5.41) is 3.45. The molecule has 0 N–H and O–H groups in total. The van der Waals surface area contributed by atoms with Gasteiger partial charge in [0.05, 0.1) is 33.2 Å². The first-order valence-electron chi connectivity index (χ1n) is 21.5. The van der Waals surface area contributed by atoms with Crippen LogP contribution in [0.1, 0.15) is 25.0 Å². The highest BCUT2D eigenvalue weighted by atomic mass is 16.3. The maximum Gasteiger partial charge on any atom is 0.200 e. The fourth-order valence-corrected chi connectivity index (χ4v) is 9.88. The number of nitrogens with zero attached hydrogens (tertiary/aromatic N) is 3. The van der Waals surface area contributed by atoms with Gasteiger partial charge >= 0.3 is 0 Å². The van der Waals surface area contributed by atoms with E-state index in [2.05, 4.69) is 198 Å². The van der Waals surface area contributed by atoms with Crippen LogP contribution in [0.25, 0.3) is 60.6 Å². The van der Waals surface area contributed by atoms with Gasteiger partial charge in [0.1, 0.15) is 11.2 Å². The molecule has 5 nitrogen and oxygen atoms in total. The van der Waals surface area contributed by atoms with Gasteiger partial charge in [-0.1, -0.05) is 117 Å². The predicted molar refractivity (Wildman–Crippen MR) is 261 cm³/mol. The molecule has 0 saturated carbocycles. The molecule has 0 radical (unpaired) electrons. The Kier molecular flexibility index (Phi) is 8.28. The van der Waals surface area contributed by atoms with Gasteiger partial charge < -0.3 is 18.8 Å². The molecule has 0 spiro atoms.